The highest BCUT2D eigenvalue weighted by atomic mass is 32.1. The van der Waals surface area contributed by atoms with Gasteiger partial charge in [0.05, 0.1) is 4.92 Å². The summed E-state index contributed by atoms with van der Waals surface area (Å²) in [5.74, 6) is 0.825. The van der Waals surface area contributed by atoms with Crippen molar-refractivity contribution in [2.75, 3.05) is 5.75 Å². The molecule has 1 heterocycles. The largest absolute Gasteiger partial charge is 0.313 e. The Morgan fingerprint density at radius 2 is 2.11 bits per heavy atom. The van der Waals surface area contributed by atoms with E-state index in [4.69, 9.17) is 0 Å². The van der Waals surface area contributed by atoms with E-state index in [-0.39, 0.29) is 16.0 Å². The molecule has 0 bridgehead atoms. The lowest BCUT2D eigenvalue weighted by molar-refractivity contribution is -0.386. The maximum absolute atomic E-state index is 11.2. The molecule has 1 aromatic heterocycles. The van der Waals surface area contributed by atoms with Crippen molar-refractivity contribution in [3.05, 3.63) is 21.5 Å². The number of aryl methyl sites for hydroxylation is 1. The molecule has 18 heavy (non-hydrogen) atoms. The van der Waals surface area contributed by atoms with Crippen LogP contribution in [0.3, 0.4) is 0 Å². The van der Waals surface area contributed by atoms with Gasteiger partial charge in [-0.1, -0.05) is 13.8 Å². The minimum absolute atomic E-state index is 0.218. The van der Waals surface area contributed by atoms with Gasteiger partial charge >= 0.3 is 5.69 Å². The van der Waals surface area contributed by atoms with Crippen molar-refractivity contribution in [1.82, 2.24) is 9.78 Å². The minimum Gasteiger partial charge on any atom is -0.262 e. The van der Waals surface area contributed by atoms with Crippen LogP contribution in [0, 0.1) is 15.5 Å². The molecule has 0 atom stereocenters. The van der Waals surface area contributed by atoms with Crippen molar-refractivity contribution < 1.29 is 4.92 Å². The number of hydrogen-bond donors (Lipinski definition) is 1. The van der Waals surface area contributed by atoms with Crippen LogP contribution in [0.1, 0.15) is 38.1 Å². The normalized spacial score (nSPS) is 16.8. The lowest BCUT2D eigenvalue weighted by atomic mass is 10.1. The van der Waals surface area contributed by atoms with Crippen molar-refractivity contribution in [2.45, 2.75) is 46.1 Å². The minimum atomic E-state index is -0.290. The van der Waals surface area contributed by atoms with E-state index in [9.17, 15) is 10.1 Å². The number of hydrogen-bond acceptors (Lipinski definition) is 4. The summed E-state index contributed by atoms with van der Waals surface area (Å²) >= 11 is 4.38. The molecule has 0 saturated heterocycles. The zero-order valence-electron chi connectivity index (χ0n) is 10.8. The van der Waals surface area contributed by atoms with Gasteiger partial charge in [0, 0.05) is 6.54 Å². The lowest BCUT2D eigenvalue weighted by Crippen LogP contribution is -2.16. The molecular weight excluding hydrogens is 250 g/mol. The molecular formula is C12H19N3O2S. The van der Waals surface area contributed by atoms with Crippen LogP contribution < -0.4 is 0 Å². The molecule has 0 radical (unpaired) electrons. The Balaban J connectivity index is 2.38. The number of thiol groups is 1. The number of rotatable bonds is 6. The first-order chi connectivity index (χ1) is 8.56. The molecule has 0 amide bonds. The van der Waals surface area contributed by atoms with Crippen LogP contribution in [0.5, 0.6) is 0 Å². The van der Waals surface area contributed by atoms with Crippen LogP contribution in [0.4, 0.5) is 5.69 Å². The molecule has 0 spiro atoms. The third-order valence-electron chi connectivity index (χ3n) is 3.73. The van der Waals surface area contributed by atoms with Crippen molar-refractivity contribution >= 4 is 18.3 Å². The monoisotopic (exact) mass is 269 g/mol. The number of nitro groups is 1. The Morgan fingerprint density at radius 1 is 1.44 bits per heavy atom. The highest BCUT2D eigenvalue weighted by molar-refractivity contribution is 7.80. The first kappa shape index (κ1) is 13.4. The quantitative estimate of drug-likeness (QED) is 0.490. The summed E-state index contributed by atoms with van der Waals surface area (Å²) < 4.78 is 1.85. The van der Waals surface area contributed by atoms with Gasteiger partial charge in [-0.25, -0.2) is 0 Å². The summed E-state index contributed by atoms with van der Waals surface area (Å²) in [4.78, 5) is 10.9. The molecule has 0 unspecified atom stereocenters. The highest BCUT2D eigenvalue weighted by Gasteiger charge is 2.43. The summed E-state index contributed by atoms with van der Waals surface area (Å²) in [6.45, 7) is 4.62. The molecule has 1 aliphatic rings. The summed E-state index contributed by atoms with van der Waals surface area (Å²) in [5, 5.41) is 15.6. The molecule has 2 rings (SSSR count). The molecule has 0 aromatic carbocycles. The van der Waals surface area contributed by atoms with Gasteiger partial charge in [0.2, 0.25) is 0 Å². The van der Waals surface area contributed by atoms with Crippen LogP contribution in [0.25, 0.3) is 0 Å². The highest BCUT2D eigenvalue weighted by Crippen LogP contribution is 2.48. The summed E-state index contributed by atoms with van der Waals surface area (Å²) in [5.41, 5.74) is 1.80. The lowest BCUT2D eigenvalue weighted by Gasteiger charge is -2.13. The van der Waals surface area contributed by atoms with E-state index >= 15 is 0 Å². The van der Waals surface area contributed by atoms with Gasteiger partial charge in [-0.05, 0) is 36.9 Å². The molecule has 1 aliphatic carbocycles. The fraction of sp³-hybridized carbons (Fsp3) is 0.750. The van der Waals surface area contributed by atoms with Crippen molar-refractivity contribution in [3.63, 3.8) is 0 Å². The van der Waals surface area contributed by atoms with Gasteiger partial charge < -0.3 is 0 Å². The van der Waals surface area contributed by atoms with Gasteiger partial charge in [-0.3, -0.25) is 14.8 Å². The average molecular weight is 269 g/mol. The van der Waals surface area contributed by atoms with Gasteiger partial charge in [-0.15, -0.1) is 0 Å². The first-order valence-electron chi connectivity index (χ1n) is 6.40. The van der Waals surface area contributed by atoms with Gasteiger partial charge in [0.15, 0.2) is 0 Å². The third kappa shape index (κ3) is 2.25. The molecule has 1 saturated carbocycles. The summed E-state index contributed by atoms with van der Waals surface area (Å²) in [6, 6.07) is 0. The van der Waals surface area contributed by atoms with E-state index < -0.39 is 0 Å². The van der Waals surface area contributed by atoms with E-state index in [0.29, 0.717) is 18.5 Å². The zero-order valence-corrected chi connectivity index (χ0v) is 11.7. The Bertz CT molecular complexity index is 466. The number of aromatic nitrogens is 2. The van der Waals surface area contributed by atoms with Crippen molar-refractivity contribution in [2.24, 2.45) is 5.41 Å². The Hall–Kier alpha value is -1.04. The number of nitrogens with zero attached hydrogens (tertiary/aromatic N) is 3. The molecule has 0 N–H and O–H groups in total. The Kier molecular flexibility index (Phi) is 3.66. The van der Waals surface area contributed by atoms with Crippen LogP contribution in [0.15, 0.2) is 0 Å². The van der Waals surface area contributed by atoms with Crippen molar-refractivity contribution in [3.8, 4) is 0 Å². The second-order valence-corrected chi connectivity index (χ2v) is 5.34. The van der Waals surface area contributed by atoms with Gasteiger partial charge in [0.25, 0.3) is 0 Å². The maximum atomic E-state index is 11.2. The predicted molar refractivity (Wildman–Crippen MR) is 73.2 cm³/mol. The topological polar surface area (TPSA) is 61.0 Å². The average Bonchev–Trinajstić information content (AvgIpc) is 3.03. The Labute approximate surface area is 112 Å². The Morgan fingerprint density at radius 3 is 2.50 bits per heavy atom. The van der Waals surface area contributed by atoms with Gasteiger partial charge in [-0.2, -0.15) is 17.7 Å². The van der Waals surface area contributed by atoms with Crippen LogP contribution >= 0.6 is 12.6 Å². The second-order valence-electron chi connectivity index (χ2n) is 5.02. The predicted octanol–water partition coefficient (Wildman–Crippen LogP) is 2.63. The van der Waals surface area contributed by atoms with Crippen LogP contribution in [0.2, 0.25) is 0 Å². The molecule has 6 heteroatoms. The first-order valence-corrected chi connectivity index (χ1v) is 7.04. The SMILES string of the molecule is CCc1nn(CC2(CS)CC2)c(CC)c1[N+](=O)[O-]. The standard InChI is InChI=1S/C12H19N3O2S/c1-3-9-11(15(16)17)10(4-2)14(13-9)7-12(8-18)5-6-12/h18H,3-8H2,1-2H3. The second kappa shape index (κ2) is 4.91. The molecule has 100 valence electrons. The van der Waals surface area contributed by atoms with E-state index in [0.717, 1.165) is 30.8 Å². The van der Waals surface area contributed by atoms with E-state index in [1.807, 2.05) is 18.5 Å². The molecule has 0 aliphatic heterocycles. The molecule has 5 nitrogen and oxygen atoms in total. The van der Waals surface area contributed by atoms with Crippen LogP contribution in [-0.4, -0.2) is 20.5 Å². The maximum Gasteiger partial charge on any atom is 0.313 e. The van der Waals surface area contributed by atoms with Crippen LogP contribution in [-0.2, 0) is 19.4 Å². The van der Waals surface area contributed by atoms with E-state index in [2.05, 4.69) is 17.7 Å². The smallest absolute Gasteiger partial charge is 0.262 e. The zero-order chi connectivity index (χ0) is 13.3. The van der Waals surface area contributed by atoms with E-state index in [1.54, 1.807) is 0 Å². The summed E-state index contributed by atoms with van der Waals surface area (Å²) in [7, 11) is 0. The summed E-state index contributed by atoms with van der Waals surface area (Å²) in [6.07, 6.45) is 3.54. The van der Waals surface area contributed by atoms with Crippen molar-refractivity contribution in [1.29, 1.82) is 0 Å². The molecule has 1 fully saturated rings. The molecule has 1 aromatic rings. The fourth-order valence-corrected chi connectivity index (χ4v) is 2.75. The van der Waals surface area contributed by atoms with E-state index in [1.165, 1.54) is 0 Å². The fourth-order valence-electron chi connectivity index (χ4n) is 2.33. The van der Waals surface area contributed by atoms with Gasteiger partial charge in [0.1, 0.15) is 11.4 Å². The third-order valence-corrected chi connectivity index (χ3v) is 4.40.